The van der Waals surface area contributed by atoms with E-state index >= 15 is 0 Å². The molecule has 2 heteroatoms. The van der Waals surface area contributed by atoms with Gasteiger partial charge in [-0.1, -0.05) is 19.0 Å². The Morgan fingerprint density at radius 2 is 1.80 bits per heavy atom. The molecule has 0 bridgehead atoms. The number of nitrogens with zero attached hydrogens (tertiary/aromatic N) is 1. The van der Waals surface area contributed by atoms with E-state index in [0.29, 0.717) is 5.41 Å². The lowest BCUT2D eigenvalue weighted by atomic mass is 9.76. The van der Waals surface area contributed by atoms with Crippen LogP contribution in [0.1, 0.15) is 39.5 Å². The predicted molar refractivity (Wildman–Crippen MR) is 41.8 cm³/mol. The maximum atomic E-state index is 10.1. The fourth-order valence-corrected chi connectivity index (χ4v) is 1.49. The molecule has 1 rings (SSSR count). The molecule has 0 N–H and O–H groups in total. The standard InChI is InChI=1S/C8H15NO/c1-8(2)5-3-7(9-10)4-6-8/h7H,3-6H2,1-2H3. The fraction of sp³-hybridized carbons (Fsp3) is 1.00. The Labute approximate surface area is 62.0 Å². The van der Waals surface area contributed by atoms with Crippen molar-refractivity contribution < 1.29 is 0 Å². The molecule has 2 nitrogen and oxygen atoms in total. The summed E-state index contributed by atoms with van der Waals surface area (Å²) in [5.41, 5.74) is 0.460. The van der Waals surface area contributed by atoms with Crippen molar-refractivity contribution in [3.05, 3.63) is 4.91 Å². The van der Waals surface area contributed by atoms with Gasteiger partial charge < -0.3 is 0 Å². The van der Waals surface area contributed by atoms with Crippen molar-refractivity contribution in [1.82, 2.24) is 0 Å². The molecule has 0 spiro atoms. The van der Waals surface area contributed by atoms with E-state index in [4.69, 9.17) is 0 Å². The third-order valence-corrected chi connectivity index (χ3v) is 2.46. The van der Waals surface area contributed by atoms with E-state index in [9.17, 15) is 4.91 Å². The molecule has 0 heterocycles. The molecule has 0 aromatic carbocycles. The normalized spacial score (nSPS) is 26.2. The zero-order chi connectivity index (χ0) is 7.61. The summed E-state index contributed by atoms with van der Waals surface area (Å²) in [5.74, 6) is 0. The highest BCUT2D eigenvalue weighted by Crippen LogP contribution is 2.35. The summed E-state index contributed by atoms with van der Waals surface area (Å²) in [6.07, 6.45) is 4.31. The lowest BCUT2D eigenvalue weighted by Crippen LogP contribution is -2.22. The Hall–Kier alpha value is -0.400. The van der Waals surface area contributed by atoms with Crippen LogP contribution in [0.25, 0.3) is 0 Å². The van der Waals surface area contributed by atoms with Gasteiger partial charge in [-0.25, -0.2) is 0 Å². The van der Waals surface area contributed by atoms with Gasteiger partial charge in [-0.15, -0.1) is 0 Å². The Morgan fingerprint density at radius 3 is 2.20 bits per heavy atom. The number of hydrogen-bond donors (Lipinski definition) is 0. The van der Waals surface area contributed by atoms with Gasteiger partial charge in [0.25, 0.3) is 0 Å². The first-order valence-electron chi connectivity index (χ1n) is 3.96. The molecule has 0 saturated heterocycles. The number of nitroso groups, excluding NO2 is 1. The van der Waals surface area contributed by atoms with Crippen LogP contribution in [0.3, 0.4) is 0 Å². The van der Waals surface area contributed by atoms with Crippen molar-refractivity contribution in [2.75, 3.05) is 0 Å². The zero-order valence-corrected chi connectivity index (χ0v) is 6.76. The van der Waals surface area contributed by atoms with E-state index < -0.39 is 0 Å². The molecule has 1 aliphatic rings. The van der Waals surface area contributed by atoms with Gasteiger partial charge in [0.15, 0.2) is 0 Å². The van der Waals surface area contributed by atoms with Gasteiger partial charge >= 0.3 is 0 Å². The number of rotatable bonds is 1. The number of hydrogen-bond acceptors (Lipinski definition) is 2. The molecule has 1 fully saturated rings. The van der Waals surface area contributed by atoms with Crippen molar-refractivity contribution in [1.29, 1.82) is 0 Å². The van der Waals surface area contributed by atoms with Crippen LogP contribution in [0, 0.1) is 10.3 Å². The van der Waals surface area contributed by atoms with Gasteiger partial charge in [0.05, 0.1) is 6.04 Å². The average molecular weight is 141 g/mol. The summed E-state index contributed by atoms with van der Waals surface area (Å²) in [7, 11) is 0. The molecule has 1 aliphatic carbocycles. The molecule has 0 amide bonds. The zero-order valence-electron chi connectivity index (χ0n) is 6.76. The van der Waals surface area contributed by atoms with Crippen LogP contribution in [0.2, 0.25) is 0 Å². The lowest BCUT2D eigenvalue weighted by molar-refractivity contribution is 0.225. The minimum Gasteiger partial charge on any atom is -0.151 e. The van der Waals surface area contributed by atoms with Crippen LogP contribution in [0.5, 0.6) is 0 Å². The van der Waals surface area contributed by atoms with Gasteiger partial charge in [0, 0.05) is 0 Å². The SMILES string of the molecule is CC1(C)CCC(N=O)CC1. The third kappa shape index (κ3) is 1.79. The second-order valence-corrected chi connectivity index (χ2v) is 4.00. The van der Waals surface area contributed by atoms with Gasteiger partial charge in [0.1, 0.15) is 0 Å². The Balaban J connectivity index is 2.38. The first-order valence-corrected chi connectivity index (χ1v) is 3.96. The van der Waals surface area contributed by atoms with E-state index in [1.807, 2.05) is 0 Å². The first-order chi connectivity index (χ1) is 4.64. The lowest BCUT2D eigenvalue weighted by Gasteiger charge is -2.31. The van der Waals surface area contributed by atoms with Crippen LogP contribution in [0.15, 0.2) is 5.18 Å². The quantitative estimate of drug-likeness (QED) is 0.516. The van der Waals surface area contributed by atoms with E-state index in [0.717, 1.165) is 25.7 Å². The van der Waals surface area contributed by atoms with Gasteiger partial charge in [0.2, 0.25) is 0 Å². The third-order valence-electron chi connectivity index (χ3n) is 2.46. The molecule has 0 atom stereocenters. The minimum atomic E-state index is 0.119. The summed E-state index contributed by atoms with van der Waals surface area (Å²) in [6.45, 7) is 4.52. The van der Waals surface area contributed by atoms with Gasteiger partial charge in [-0.2, -0.15) is 4.91 Å². The summed E-state index contributed by atoms with van der Waals surface area (Å²) in [6, 6.07) is 0.119. The highest BCUT2D eigenvalue weighted by molar-refractivity contribution is 4.81. The molecule has 0 unspecified atom stereocenters. The van der Waals surface area contributed by atoms with Crippen LogP contribution in [-0.4, -0.2) is 6.04 Å². The molecular formula is C8H15NO. The smallest absolute Gasteiger partial charge is 0.0920 e. The molecule has 0 aromatic heterocycles. The Bertz CT molecular complexity index is 121. The average Bonchev–Trinajstić information content (AvgIpc) is 1.88. The van der Waals surface area contributed by atoms with Crippen molar-refractivity contribution in [3.63, 3.8) is 0 Å². The molecular weight excluding hydrogens is 126 g/mol. The fourth-order valence-electron chi connectivity index (χ4n) is 1.49. The van der Waals surface area contributed by atoms with E-state index in [-0.39, 0.29) is 6.04 Å². The second-order valence-electron chi connectivity index (χ2n) is 4.00. The largest absolute Gasteiger partial charge is 0.151 e. The second kappa shape index (κ2) is 2.69. The van der Waals surface area contributed by atoms with Crippen LogP contribution < -0.4 is 0 Å². The maximum Gasteiger partial charge on any atom is 0.0920 e. The van der Waals surface area contributed by atoms with Gasteiger partial charge in [-0.3, -0.25) is 0 Å². The topological polar surface area (TPSA) is 29.4 Å². The summed E-state index contributed by atoms with van der Waals surface area (Å²) in [5, 5.41) is 3.06. The van der Waals surface area contributed by atoms with Crippen LogP contribution in [0.4, 0.5) is 0 Å². The predicted octanol–water partition coefficient (Wildman–Crippen LogP) is 2.72. The van der Waals surface area contributed by atoms with Crippen molar-refractivity contribution in [3.8, 4) is 0 Å². The summed E-state index contributed by atoms with van der Waals surface area (Å²) < 4.78 is 0. The Morgan fingerprint density at radius 1 is 1.30 bits per heavy atom. The van der Waals surface area contributed by atoms with E-state index in [1.165, 1.54) is 0 Å². The molecule has 0 radical (unpaired) electrons. The van der Waals surface area contributed by atoms with Crippen LogP contribution >= 0.6 is 0 Å². The highest BCUT2D eigenvalue weighted by atomic mass is 16.3. The molecule has 0 aromatic rings. The molecule has 0 aliphatic heterocycles. The van der Waals surface area contributed by atoms with Crippen molar-refractivity contribution >= 4 is 0 Å². The van der Waals surface area contributed by atoms with Crippen molar-refractivity contribution in [2.24, 2.45) is 10.6 Å². The van der Waals surface area contributed by atoms with Crippen molar-refractivity contribution in [2.45, 2.75) is 45.6 Å². The monoisotopic (exact) mass is 141 g/mol. The van der Waals surface area contributed by atoms with E-state index in [1.54, 1.807) is 0 Å². The minimum absolute atomic E-state index is 0.119. The maximum absolute atomic E-state index is 10.1. The Kier molecular flexibility index (Phi) is 2.07. The summed E-state index contributed by atoms with van der Waals surface area (Å²) in [4.78, 5) is 10.1. The summed E-state index contributed by atoms with van der Waals surface area (Å²) >= 11 is 0. The molecule has 1 saturated carbocycles. The van der Waals surface area contributed by atoms with Gasteiger partial charge in [-0.05, 0) is 31.1 Å². The van der Waals surface area contributed by atoms with E-state index in [2.05, 4.69) is 19.0 Å². The molecule has 10 heavy (non-hydrogen) atoms. The highest BCUT2D eigenvalue weighted by Gasteiger charge is 2.26. The first kappa shape index (κ1) is 7.70. The van der Waals surface area contributed by atoms with Crippen LogP contribution in [-0.2, 0) is 0 Å². The molecule has 58 valence electrons.